The Bertz CT molecular complexity index is 1880. The highest BCUT2D eigenvalue weighted by molar-refractivity contribution is 5.96. The number of hydrogen-bond donors (Lipinski definition) is 3. The highest BCUT2D eigenvalue weighted by Crippen LogP contribution is 2.33. The molecule has 5 aromatic rings. The number of aryl methyl sites for hydroxylation is 1. The Labute approximate surface area is 228 Å². The quantitative estimate of drug-likeness (QED) is 0.286. The maximum absolute atomic E-state index is 13.1. The van der Waals surface area contributed by atoms with E-state index in [1.807, 2.05) is 49.3 Å². The van der Waals surface area contributed by atoms with E-state index in [2.05, 4.69) is 27.3 Å². The number of ether oxygens (including phenoxy) is 1. The number of benzene rings is 2. The third-order valence-electron chi connectivity index (χ3n) is 7.25. The number of H-pyrrole nitrogens is 1. The number of nitrogens with zero attached hydrogens (tertiary/aromatic N) is 5. The molecule has 1 fully saturated rings. The molecule has 3 N–H and O–H groups in total. The second-order valence-electron chi connectivity index (χ2n) is 10.2. The summed E-state index contributed by atoms with van der Waals surface area (Å²) < 4.78 is 6.89. The van der Waals surface area contributed by atoms with Crippen LogP contribution in [0.5, 0.6) is 0 Å². The monoisotopic (exact) mass is 540 g/mol. The minimum absolute atomic E-state index is 0.0942. The minimum atomic E-state index is -0.937. The van der Waals surface area contributed by atoms with Crippen molar-refractivity contribution in [3.8, 4) is 22.4 Å². The number of aliphatic hydroxyl groups excluding tert-OH is 2. The SMILES string of the molecule is Cc1cc(-c2cn([C@H]3C[C@H](O)[C@@H](CO)O3)c(=O)[nH]c2=O)c(-c2ccc3cc4ccc(N(C)C)cc4nc3c2)nn1. The summed E-state index contributed by atoms with van der Waals surface area (Å²) >= 11 is 0. The summed E-state index contributed by atoms with van der Waals surface area (Å²) in [5.74, 6) is 0. The summed E-state index contributed by atoms with van der Waals surface area (Å²) in [5.41, 5.74) is 3.81. The molecular weight excluding hydrogens is 512 g/mol. The van der Waals surface area contributed by atoms with Gasteiger partial charge in [0, 0.05) is 54.3 Å². The van der Waals surface area contributed by atoms with Crippen LogP contribution in [0.4, 0.5) is 5.69 Å². The zero-order valence-electron chi connectivity index (χ0n) is 22.2. The molecule has 0 radical (unpaired) electrons. The van der Waals surface area contributed by atoms with E-state index in [4.69, 9.17) is 9.72 Å². The fourth-order valence-electron chi connectivity index (χ4n) is 5.08. The molecule has 0 saturated carbocycles. The van der Waals surface area contributed by atoms with Crippen LogP contribution in [0.3, 0.4) is 0 Å². The van der Waals surface area contributed by atoms with E-state index in [9.17, 15) is 19.8 Å². The summed E-state index contributed by atoms with van der Waals surface area (Å²) in [5, 5.41) is 30.3. The van der Waals surface area contributed by atoms with Crippen LogP contribution in [0.25, 0.3) is 44.2 Å². The maximum atomic E-state index is 13.1. The molecule has 0 bridgehead atoms. The van der Waals surface area contributed by atoms with Crippen molar-refractivity contribution in [1.82, 2.24) is 24.7 Å². The second kappa shape index (κ2) is 9.94. The van der Waals surface area contributed by atoms with Gasteiger partial charge in [-0.2, -0.15) is 5.10 Å². The molecule has 1 saturated heterocycles. The van der Waals surface area contributed by atoms with Gasteiger partial charge in [0.2, 0.25) is 0 Å². The lowest BCUT2D eigenvalue weighted by atomic mass is 9.99. The van der Waals surface area contributed by atoms with Crippen LogP contribution in [0.1, 0.15) is 18.3 Å². The first-order chi connectivity index (χ1) is 19.2. The number of aromatic amines is 1. The van der Waals surface area contributed by atoms with Crippen molar-refractivity contribution in [3.63, 3.8) is 0 Å². The number of nitrogens with one attached hydrogen (secondary N) is 1. The van der Waals surface area contributed by atoms with Crippen molar-refractivity contribution in [1.29, 1.82) is 0 Å². The third-order valence-corrected chi connectivity index (χ3v) is 7.25. The predicted octanol–water partition coefficient (Wildman–Crippen LogP) is 2.38. The van der Waals surface area contributed by atoms with E-state index in [0.717, 1.165) is 27.5 Å². The van der Waals surface area contributed by atoms with Crippen LogP contribution in [-0.2, 0) is 4.74 Å². The smallest absolute Gasteiger partial charge is 0.330 e. The van der Waals surface area contributed by atoms with Crippen molar-refractivity contribution in [2.24, 2.45) is 0 Å². The second-order valence-corrected chi connectivity index (χ2v) is 10.2. The molecule has 11 nitrogen and oxygen atoms in total. The van der Waals surface area contributed by atoms with Crippen LogP contribution >= 0.6 is 0 Å². The lowest BCUT2D eigenvalue weighted by Crippen LogP contribution is -2.33. The maximum Gasteiger partial charge on any atom is 0.330 e. The number of fused-ring (bicyclic) bond motifs is 2. The Morgan fingerprint density at radius 3 is 2.50 bits per heavy atom. The number of anilines is 1. The van der Waals surface area contributed by atoms with Crippen LogP contribution in [0.15, 0.2) is 64.3 Å². The van der Waals surface area contributed by atoms with Crippen LogP contribution in [-0.4, -0.2) is 67.9 Å². The molecule has 3 aromatic heterocycles. The summed E-state index contributed by atoms with van der Waals surface area (Å²) in [6, 6.07) is 15.7. The molecule has 204 valence electrons. The van der Waals surface area contributed by atoms with Gasteiger partial charge >= 0.3 is 5.69 Å². The van der Waals surface area contributed by atoms with Gasteiger partial charge in [0.05, 0.1) is 35.0 Å². The predicted molar refractivity (Wildman–Crippen MR) is 151 cm³/mol. The Morgan fingerprint density at radius 2 is 1.77 bits per heavy atom. The fourth-order valence-corrected chi connectivity index (χ4v) is 5.08. The van der Waals surface area contributed by atoms with Gasteiger partial charge in [0.25, 0.3) is 5.56 Å². The molecular formula is C29H28N6O5. The zero-order valence-corrected chi connectivity index (χ0v) is 22.2. The normalized spacial score (nSPS) is 19.0. The molecule has 0 amide bonds. The van der Waals surface area contributed by atoms with Gasteiger partial charge < -0.3 is 19.8 Å². The lowest BCUT2D eigenvalue weighted by Gasteiger charge is -2.16. The van der Waals surface area contributed by atoms with Crippen molar-refractivity contribution < 1.29 is 14.9 Å². The Hall–Kier alpha value is -4.45. The first-order valence-electron chi connectivity index (χ1n) is 12.9. The molecule has 1 aliphatic heterocycles. The lowest BCUT2D eigenvalue weighted by molar-refractivity contribution is -0.0458. The number of hydrogen-bond acceptors (Lipinski definition) is 9. The molecule has 1 aliphatic rings. The molecule has 0 unspecified atom stereocenters. The van der Waals surface area contributed by atoms with Crippen molar-refractivity contribution >= 4 is 27.5 Å². The Kier molecular flexibility index (Phi) is 6.41. The summed E-state index contributed by atoms with van der Waals surface area (Å²) in [7, 11) is 3.96. The number of rotatable bonds is 5. The molecule has 6 rings (SSSR count). The average molecular weight is 541 g/mol. The van der Waals surface area contributed by atoms with Gasteiger partial charge in [0.1, 0.15) is 18.0 Å². The van der Waals surface area contributed by atoms with E-state index < -0.39 is 29.7 Å². The summed E-state index contributed by atoms with van der Waals surface area (Å²) in [4.78, 5) is 35.0. The van der Waals surface area contributed by atoms with E-state index >= 15 is 0 Å². The van der Waals surface area contributed by atoms with E-state index in [0.29, 0.717) is 22.5 Å². The molecule has 3 atom stereocenters. The van der Waals surface area contributed by atoms with Crippen LogP contribution in [0.2, 0.25) is 0 Å². The van der Waals surface area contributed by atoms with Crippen LogP contribution < -0.4 is 16.1 Å². The molecule has 4 heterocycles. The highest BCUT2D eigenvalue weighted by atomic mass is 16.5. The third kappa shape index (κ3) is 4.53. The van der Waals surface area contributed by atoms with Crippen LogP contribution in [0, 0.1) is 6.92 Å². The summed E-state index contributed by atoms with van der Waals surface area (Å²) in [6.07, 6.45) is -1.10. The van der Waals surface area contributed by atoms with Gasteiger partial charge in [-0.05, 0) is 37.3 Å². The van der Waals surface area contributed by atoms with Crippen molar-refractivity contribution in [2.45, 2.75) is 31.8 Å². The Balaban J connectivity index is 1.48. The molecule has 40 heavy (non-hydrogen) atoms. The van der Waals surface area contributed by atoms with E-state index in [-0.39, 0.29) is 18.6 Å². The van der Waals surface area contributed by atoms with E-state index in [1.54, 1.807) is 13.0 Å². The molecule has 0 spiro atoms. The standard InChI is InChI=1S/C29H28N6O5/c1-15-8-20(21-13-35(29(39)31-28(21)38)26-12-24(37)25(14-36)40-26)27(33-32-15)18-5-4-16-9-17-6-7-19(34(2)3)11-23(17)30-22(16)10-18/h4-11,13,24-26,36-37H,12,14H2,1-3H3,(H,31,38,39)/t24-,25+,26+/m0/s1. The minimum Gasteiger partial charge on any atom is -0.394 e. The number of aromatic nitrogens is 5. The van der Waals surface area contributed by atoms with Gasteiger partial charge in [-0.25, -0.2) is 9.78 Å². The van der Waals surface area contributed by atoms with Gasteiger partial charge in [-0.3, -0.25) is 14.3 Å². The van der Waals surface area contributed by atoms with Crippen molar-refractivity contribution in [2.75, 3.05) is 25.6 Å². The summed E-state index contributed by atoms with van der Waals surface area (Å²) in [6.45, 7) is 1.38. The number of pyridine rings is 1. The first-order valence-corrected chi connectivity index (χ1v) is 12.9. The Morgan fingerprint density at radius 1 is 1.02 bits per heavy atom. The highest BCUT2D eigenvalue weighted by Gasteiger charge is 2.35. The molecule has 2 aromatic carbocycles. The van der Waals surface area contributed by atoms with Gasteiger partial charge in [-0.1, -0.05) is 18.2 Å². The molecule has 0 aliphatic carbocycles. The van der Waals surface area contributed by atoms with Gasteiger partial charge in [0.15, 0.2) is 0 Å². The topological polar surface area (TPSA) is 146 Å². The average Bonchev–Trinajstić information content (AvgIpc) is 3.31. The van der Waals surface area contributed by atoms with E-state index in [1.165, 1.54) is 10.8 Å². The molecule has 11 heteroatoms. The first kappa shape index (κ1) is 25.8. The van der Waals surface area contributed by atoms with Crippen molar-refractivity contribution in [3.05, 3.63) is 81.3 Å². The number of aliphatic hydroxyl groups is 2. The van der Waals surface area contributed by atoms with Gasteiger partial charge in [-0.15, -0.1) is 5.10 Å². The fraction of sp³-hybridized carbons (Fsp3) is 0.276. The largest absolute Gasteiger partial charge is 0.394 e. The zero-order chi connectivity index (χ0) is 28.1.